The average molecular weight is 1900 g/mol. The van der Waals surface area contributed by atoms with Crippen LogP contribution in [-0.2, 0) is 98.1 Å². The zero-order valence-corrected chi connectivity index (χ0v) is 77.9. The number of nitrogens with zero attached hydrogens (tertiary/aromatic N) is 4. The summed E-state index contributed by atoms with van der Waals surface area (Å²) in [4.78, 5) is 128. The van der Waals surface area contributed by atoms with Crippen LogP contribution in [0.4, 0.5) is 4.79 Å². The number of benzene rings is 4. The lowest BCUT2D eigenvalue weighted by Crippen LogP contribution is -2.47. The summed E-state index contributed by atoms with van der Waals surface area (Å²) < 4.78 is 91.6. The minimum atomic E-state index is -5.72. The molecule has 34 nitrogen and oxygen atoms in total. The number of phosphoric acid groups is 3. The zero-order chi connectivity index (χ0) is 90.6. The number of phosphoric ester groups is 1. The maximum atomic E-state index is 13.2. The van der Waals surface area contributed by atoms with Crippen molar-refractivity contribution >= 4 is 69.7 Å². The van der Waals surface area contributed by atoms with Gasteiger partial charge in [-0.2, -0.15) is 13.2 Å². The Balaban J connectivity index is 0.000000252. The highest BCUT2D eigenvalue weighted by Crippen LogP contribution is 2.66. The van der Waals surface area contributed by atoms with E-state index in [0.29, 0.717) is 35.3 Å². The van der Waals surface area contributed by atoms with Gasteiger partial charge >= 0.3 is 46.6 Å². The van der Waals surface area contributed by atoms with E-state index in [1.165, 1.54) is 48.9 Å². The number of nitrogens with one attached hydrogen (secondary N) is 2. The first kappa shape index (κ1) is 103. The van der Waals surface area contributed by atoms with E-state index < -0.39 is 127 Å². The first-order valence-electron chi connectivity index (χ1n) is 39.3. The predicted molar refractivity (Wildman–Crippen MR) is 461 cm³/mol. The van der Waals surface area contributed by atoms with Crippen molar-refractivity contribution in [3.05, 3.63) is 238 Å². The molecule has 0 saturated carbocycles. The van der Waals surface area contributed by atoms with Crippen molar-refractivity contribution in [2.45, 2.75) is 271 Å². The number of aliphatic hydroxyl groups is 4. The van der Waals surface area contributed by atoms with Crippen molar-refractivity contribution in [2.24, 2.45) is 0 Å². The molecule has 672 valence electrons. The first-order valence-corrected chi connectivity index (χ1v) is 48.7. The molecule has 10 rings (SSSR count). The van der Waals surface area contributed by atoms with E-state index in [4.69, 9.17) is 47.7 Å². The van der Waals surface area contributed by atoms with Gasteiger partial charge in [0, 0.05) is 53.2 Å². The Morgan fingerprint density at radius 1 is 0.554 bits per heavy atom. The molecule has 4 aromatic carbocycles. The number of carbonyl (C=O) groups excluding carboxylic acids is 1. The third kappa shape index (κ3) is 30.7. The molecule has 0 amide bonds. The van der Waals surface area contributed by atoms with Crippen LogP contribution in [0.5, 0.6) is 0 Å². The van der Waals surface area contributed by atoms with Gasteiger partial charge in [0.1, 0.15) is 36.5 Å². The van der Waals surface area contributed by atoms with Crippen LogP contribution in [0.3, 0.4) is 0 Å². The molecule has 3 saturated heterocycles. The second kappa shape index (κ2) is 45.6. The lowest BCUT2D eigenvalue weighted by molar-refractivity contribution is -0.0461. The molecule has 5 unspecified atom stereocenters. The van der Waals surface area contributed by atoms with Gasteiger partial charge in [-0.25, -0.2) is 32.9 Å². The molecule has 121 heavy (non-hydrogen) atoms. The van der Waals surface area contributed by atoms with Crippen molar-refractivity contribution in [1.29, 1.82) is 0 Å². The van der Waals surface area contributed by atoms with Gasteiger partial charge in [0.2, 0.25) is 0 Å². The van der Waals surface area contributed by atoms with Gasteiger partial charge in [-0.3, -0.25) is 42.6 Å². The van der Waals surface area contributed by atoms with E-state index in [9.17, 15) is 72.4 Å². The molecule has 0 bridgehead atoms. The third-order valence-electron chi connectivity index (χ3n) is 19.9. The smallest absolute Gasteiger partial charge is 0.443 e. The Morgan fingerprint density at radius 3 is 1.36 bits per heavy atom. The van der Waals surface area contributed by atoms with Crippen LogP contribution in [0.25, 0.3) is 0 Å². The number of aliphatic hydroxyl groups excluding tert-OH is 4. The van der Waals surface area contributed by atoms with E-state index in [0.717, 1.165) is 33.2 Å². The van der Waals surface area contributed by atoms with Crippen molar-refractivity contribution in [3.8, 4) is 0 Å². The minimum absolute atomic E-state index is 0.0285. The Labute approximate surface area is 720 Å². The number of hydrogen-bond donors (Lipinski definition) is 10. The maximum absolute atomic E-state index is 13.2. The second-order valence-electron chi connectivity index (χ2n) is 32.7. The highest BCUT2D eigenvalue weighted by molar-refractivity contribution is 9.10. The van der Waals surface area contributed by atoms with Crippen LogP contribution in [-0.4, -0.2) is 138 Å². The number of ether oxygens (including phenoxy) is 6. The number of rotatable bonds is 28. The second-order valence-corrected chi connectivity index (χ2v) is 43.3. The summed E-state index contributed by atoms with van der Waals surface area (Å²) in [6.45, 7) is 34.2. The van der Waals surface area contributed by atoms with E-state index >= 15 is 0 Å². The highest BCUT2D eigenvalue weighted by Gasteiger charge is 2.47. The van der Waals surface area contributed by atoms with Crippen LogP contribution in [0, 0.1) is 0 Å². The van der Waals surface area contributed by atoms with E-state index in [1.54, 1.807) is 20.8 Å². The number of alkyl halides is 1. The first-order chi connectivity index (χ1) is 56.4. The standard InChI is InChI=1S/C22H37BrN2O6Si.C20H29N2O15P3.C20H26N2O6.C10H14O.C9H11Br/c1-10-15-16(31-32(8,9)22(5,6)7)11-17(29-15)24-13-14(12-23)18(26)25(19(24)27)20(28)30-21(2,3)4;1-12(2)15-6-4-3-5-13(15)9-33-10-14-8-22(20(25)21-19(14)24)18-7-16(23)17(35-18)11-34-39(29,30)37-40(31,32)36-38(26,27)28;1-12(2)15-6-4-3-5-13(15)10-27-11-14-8-22(20(26)21-19(14)25)18-7-16(24)17(9-23)28-18;1-8(2)10-6-4-3-5-9(10)7-11;1-7(2)8-5-3-4-6-9(8)10/h13,15-17H,10-12H2,1-9H3;3-6,8,12,16-18,23H,7,9-11H2,1-2H3,(H,29,30)(H,31,32)(H,21,24,25)(H2,26,27,28);3-6,8,12,16-18,23-24H,7,9-11H2,1-2H3,(H,21,25,26);3-6,8,11H,7H2,1-2H3;3-7H,1-2H3/t15-,16?,17-;2*16?,17-,18-;;/m111../s1. The number of hydrogen-bond acceptors (Lipinski definition) is 24. The molecule has 0 radical (unpaired) electrons. The topological polar surface area (TPSA) is 476 Å². The fourth-order valence-corrected chi connectivity index (χ4v) is 18.2. The number of carbonyl (C=O) groups is 1. The quantitative estimate of drug-likeness (QED) is 0.0124. The highest BCUT2D eigenvalue weighted by atomic mass is 79.9. The largest absolute Gasteiger partial charge is 0.490 e. The molecule has 3 aliphatic rings. The number of halogens is 2. The van der Waals surface area contributed by atoms with Gasteiger partial charge in [-0.1, -0.05) is 206 Å². The third-order valence-corrected chi connectivity index (χ3v) is 29.6. The lowest BCUT2D eigenvalue weighted by atomic mass is 9.98. The zero-order valence-electron chi connectivity index (χ0n) is 71.1. The van der Waals surface area contributed by atoms with Crippen molar-refractivity contribution < 1.29 is 104 Å². The fraction of sp³-hybridized carbons (Fsp3) is 0.543. The molecule has 3 aliphatic heterocycles. The van der Waals surface area contributed by atoms with Gasteiger partial charge < -0.3 is 72.8 Å². The Bertz CT molecular complexity index is 5110. The Kier molecular flexibility index (Phi) is 39.0. The summed E-state index contributed by atoms with van der Waals surface area (Å²) in [5.74, 6) is 1.71. The molecule has 0 spiro atoms. The molecular weight excluding hydrogens is 1790 g/mol. The fourth-order valence-electron chi connectivity index (χ4n) is 12.7. The van der Waals surface area contributed by atoms with Gasteiger partial charge in [-0.15, -0.1) is 0 Å². The molecular formula is C81H117Br2N6O28P3Si. The van der Waals surface area contributed by atoms with E-state index in [2.05, 4.69) is 161 Å². The monoisotopic (exact) mass is 1900 g/mol. The van der Waals surface area contributed by atoms with E-state index in [1.807, 2.05) is 87.5 Å². The molecule has 6 heterocycles. The van der Waals surface area contributed by atoms with Gasteiger partial charge in [0.15, 0.2) is 8.32 Å². The molecule has 0 aliphatic carbocycles. The van der Waals surface area contributed by atoms with Crippen LogP contribution in [0.2, 0.25) is 18.1 Å². The average Bonchev–Trinajstić information content (AvgIpc) is 1.72. The van der Waals surface area contributed by atoms with Crippen LogP contribution in [0.1, 0.15) is 228 Å². The molecule has 3 aromatic heterocycles. The lowest BCUT2D eigenvalue weighted by Gasteiger charge is -2.39. The Morgan fingerprint density at radius 2 is 0.959 bits per heavy atom. The summed E-state index contributed by atoms with van der Waals surface area (Å²) >= 11 is 6.78. The van der Waals surface area contributed by atoms with E-state index in [-0.39, 0.29) is 91.1 Å². The van der Waals surface area contributed by atoms with Crippen LogP contribution in [0.15, 0.2) is 149 Å². The normalized spacial score (nSPS) is 20.3. The number of aromatic amines is 2. The molecule has 10 N–H and O–H groups in total. The minimum Gasteiger partial charge on any atom is -0.443 e. The summed E-state index contributed by atoms with van der Waals surface area (Å²) in [7, 11) is -18.8. The summed E-state index contributed by atoms with van der Waals surface area (Å²) in [5.41, 5.74) is 3.51. The van der Waals surface area contributed by atoms with Gasteiger partial charge in [-0.05, 0) is 114 Å². The Hall–Kier alpha value is -6.42. The number of aromatic nitrogens is 6. The predicted octanol–water partition coefficient (Wildman–Crippen LogP) is 13.0. The SMILES string of the molecule is CC(C)c1ccccc1Br.CC(C)c1ccccc1CO.CC(C)c1ccccc1COCc1cn([C@H]2CC(O)[C@@H](CO)O2)c(=O)[nH]c1=O.CC(C)c1ccccc1COCc1cn([C@H]2CC(O)[C@@H](COP(=O)(O)OP(=O)(O)OP(=O)(O)O)O2)c(=O)[nH]c1=O.CC[C@H]1O[C@@H](n2cc(CBr)c(=O)n(C(=O)OC(C)(C)C)c2=O)CC1O[Si](C)(C)C(C)(C)C. The number of H-pyrrole nitrogens is 2. The molecule has 40 heteroatoms. The molecule has 7 aromatic rings. The van der Waals surface area contributed by atoms with Crippen molar-refractivity contribution in [1.82, 2.24) is 28.2 Å². The maximum Gasteiger partial charge on any atom is 0.490 e. The summed E-state index contributed by atoms with van der Waals surface area (Å²) in [6.07, 6.45) is -3.11. The summed E-state index contributed by atoms with van der Waals surface area (Å²) in [6, 6.07) is 31.9. The van der Waals surface area contributed by atoms with Gasteiger partial charge in [0.05, 0.1) is 81.8 Å². The molecule has 3 fully saturated rings. The van der Waals surface area contributed by atoms with Crippen LogP contribution >= 0.6 is 55.3 Å². The van der Waals surface area contributed by atoms with Crippen molar-refractivity contribution in [3.63, 3.8) is 0 Å². The summed E-state index contributed by atoms with van der Waals surface area (Å²) in [5, 5.41) is 38.6. The van der Waals surface area contributed by atoms with Gasteiger partial charge in [0.25, 0.3) is 16.7 Å². The molecule has 11 atom stereocenters. The van der Waals surface area contributed by atoms with Crippen LogP contribution < -0.4 is 33.7 Å². The van der Waals surface area contributed by atoms with Crippen molar-refractivity contribution in [2.75, 3.05) is 13.2 Å².